The van der Waals surface area contributed by atoms with Crippen LogP contribution in [0.25, 0.3) is 11.3 Å². The zero-order valence-electron chi connectivity index (χ0n) is 15.5. The van der Waals surface area contributed by atoms with E-state index < -0.39 is 5.91 Å². The number of carbonyl (C=O) groups excluding carboxylic acids is 1. The van der Waals surface area contributed by atoms with Crippen LogP contribution < -0.4 is 10.5 Å². The molecule has 0 spiro atoms. The standard InChI is InChI=1S/C20H27N3O3/c1-15-17(20(21)24)14-18(16-6-3-4-7-19(16)25-2)23(15)9-5-8-22-10-12-26-13-11-22/h3-4,6-7,14H,5,8-13H2,1-2H3,(H2,21,24). The Bertz CT molecular complexity index is 764. The van der Waals surface area contributed by atoms with Crippen molar-refractivity contribution < 1.29 is 14.3 Å². The molecule has 1 aromatic heterocycles. The molecule has 1 saturated heterocycles. The molecule has 0 aliphatic carbocycles. The monoisotopic (exact) mass is 357 g/mol. The fraction of sp³-hybridized carbons (Fsp3) is 0.450. The van der Waals surface area contributed by atoms with Gasteiger partial charge in [0.1, 0.15) is 5.75 Å². The number of aromatic nitrogens is 1. The van der Waals surface area contributed by atoms with Gasteiger partial charge in [0.05, 0.1) is 31.6 Å². The minimum absolute atomic E-state index is 0.398. The molecule has 1 amide bonds. The quantitative estimate of drug-likeness (QED) is 0.825. The van der Waals surface area contributed by atoms with Crippen molar-refractivity contribution in [1.29, 1.82) is 0 Å². The lowest BCUT2D eigenvalue weighted by molar-refractivity contribution is 0.0369. The minimum atomic E-state index is -0.398. The second-order valence-electron chi connectivity index (χ2n) is 6.55. The van der Waals surface area contributed by atoms with E-state index in [-0.39, 0.29) is 0 Å². The van der Waals surface area contributed by atoms with Gasteiger partial charge < -0.3 is 19.8 Å². The van der Waals surface area contributed by atoms with E-state index in [1.165, 1.54) is 0 Å². The molecule has 2 N–H and O–H groups in total. The summed E-state index contributed by atoms with van der Waals surface area (Å²) in [6.07, 6.45) is 0.996. The zero-order valence-corrected chi connectivity index (χ0v) is 15.5. The summed E-state index contributed by atoms with van der Waals surface area (Å²) < 4.78 is 13.1. The van der Waals surface area contributed by atoms with Crippen molar-refractivity contribution in [2.24, 2.45) is 5.73 Å². The van der Waals surface area contributed by atoms with Crippen molar-refractivity contribution >= 4 is 5.91 Å². The van der Waals surface area contributed by atoms with Crippen LogP contribution in [-0.4, -0.2) is 55.3 Å². The van der Waals surface area contributed by atoms with Crippen LogP contribution in [0.5, 0.6) is 5.75 Å². The van der Waals surface area contributed by atoms with Gasteiger partial charge in [0, 0.05) is 37.4 Å². The van der Waals surface area contributed by atoms with Crippen LogP contribution >= 0.6 is 0 Å². The highest BCUT2D eigenvalue weighted by Gasteiger charge is 2.19. The largest absolute Gasteiger partial charge is 0.496 e. The van der Waals surface area contributed by atoms with Crippen LogP contribution in [0.3, 0.4) is 0 Å². The maximum Gasteiger partial charge on any atom is 0.250 e. The van der Waals surface area contributed by atoms with E-state index in [0.717, 1.165) is 68.5 Å². The number of para-hydroxylation sites is 1. The normalized spacial score (nSPS) is 15.2. The molecule has 1 aliphatic rings. The predicted octanol–water partition coefficient (Wildman–Crippen LogP) is 2.29. The van der Waals surface area contributed by atoms with Crippen molar-refractivity contribution in [2.75, 3.05) is 40.0 Å². The number of hydrogen-bond acceptors (Lipinski definition) is 4. The number of methoxy groups -OCH3 is 1. The lowest BCUT2D eigenvalue weighted by atomic mass is 10.1. The Kier molecular flexibility index (Phi) is 5.96. The molecular weight excluding hydrogens is 330 g/mol. The van der Waals surface area contributed by atoms with Gasteiger partial charge >= 0.3 is 0 Å². The van der Waals surface area contributed by atoms with Gasteiger partial charge in [-0.15, -0.1) is 0 Å². The van der Waals surface area contributed by atoms with E-state index in [1.807, 2.05) is 37.3 Å². The summed E-state index contributed by atoms with van der Waals surface area (Å²) in [6, 6.07) is 9.73. The lowest BCUT2D eigenvalue weighted by Crippen LogP contribution is -2.37. The average molecular weight is 357 g/mol. The summed E-state index contributed by atoms with van der Waals surface area (Å²) in [5.74, 6) is 0.390. The molecule has 6 nitrogen and oxygen atoms in total. The van der Waals surface area contributed by atoms with Gasteiger partial charge in [-0.1, -0.05) is 12.1 Å². The third kappa shape index (κ3) is 3.92. The van der Waals surface area contributed by atoms with Crippen molar-refractivity contribution in [1.82, 2.24) is 9.47 Å². The smallest absolute Gasteiger partial charge is 0.250 e. The average Bonchev–Trinajstić information content (AvgIpc) is 2.99. The molecule has 0 atom stereocenters. The van der Waals surface area contributed by atoms with Crippen LogP contribution in [-0.2, 0) is 11.3 Å². The highest BCUT2D eigenvalue weighted by Crippen LogP contribution is 2.33. The van der Waals surface area contributed by atoms with Gasteiger partial charge in [0.2, 0.25) is 0 Å². The molecule has 1 fully saturated rings. The summed E-state index contributed by atoms with van der Waals surface area (Å²) in [5, 5.41) is 0. The third-order valence-corrected chi connectivity index (χ3v) is 4.97. The number of amides is 1. The first-order valence-corrected chi connectivity index (χ1v) is 9.05. The number of nitrogens with zero attached hydrogens (tertiary/aromatic N) is 2. The molecule has 0 radical (unpaired) electrons. The number of ether oxygens (including phenoxy) is 2. The molecule has 140 valence electrons. The number of hydrogen-bond donors (Lipinski definition) is 1. The van der Waals surface area contributed by atoms with Crippen molar-refractivity contribution in [3.05, 3.63) is 41.6 Å². The van der Waals surface area contributed by atoms with Crippen LogP contribution in [0.2, 0.25) is 0 Å². The maximum atomic E-state index is 11.8. The molecule has 1 aromatic carbocycles. The molecule has 3 rings (SSSR count). The fourth-order valence-electron chi connectivity index (χ4n) is 3.54. The maximum absolute atomic E-state index is 11.8. The molecule has 0 saturated carbocycles. The SMILES string of the molecule is COc1ccccc1-c1cc(C(N)=O)c(C)n1CCCN1CCOCC1. The number of morpholine rings is 1. The highest BCUT2D eigenvalue weighted by atomic mass is 16.5. The van der Waals surface area contributed by atoms with E-state index >= 15 is 0 Å². The Hall–Kier alpha value is -2.31. The van der Waals surface area contributed by atoms with Gasteiger partial charge in [-0.05, 0) is 31.5 Å². The molecule has 1 aliphatic heterocycles. The molecule has 2 aromatic rings. The fourth-order valence-corrected chi connectivity index (χ4v) is 3.54. The van der Waals surface area contributed by atoms with E-state index in [0.29, 0.717) is 5.56 Å². The van der Waals surface area contributed by atoms with Gasteiger partial charge in [-0.3, -0.25) is 9.69 Å². The van der Waals surface area contributed by atoms with Crippen LogP contribution in [0.4, 0.5) is 0 Å². The van der Waals surface area contributed by atoms with Gasteiger partial charge in [-0.2, -0.15) is 0 Å². The molecule has 26 heavy (non-hydrogen) atoms. The number of carbonyl (C=O) groups is 1. The summed E-state index contributed by atoms with van der Waals surface area (Å²) in [6.45, 7) is 7.37. The van der Waals surface area contributed by atoms with Crippen LogP contribution in [0, 0.1) is 6.92 Å². The summed E-state index contributed by atoms with van der Waals surface area (Å²) >= 11 is 0. The number of rotatable bonds is 7. The Morgan fingerprint density at radius 1 is 1.23 bits per heavy atom. The predicted molar refractivity (Wildman–Crippen MR) is 102 cm³/mol. The second kappa shape index (κ2) is 8.38. The second-order valence-corrected chi connectivity index (χ2v) is 6.55. The van der Waals surface area contributed by atoms with E-state index in [4.69, 9.17) is 15.2 Å². The molecule has 0 bridgehead atoms. The van der Waals surface area contributed by atoms with Crippen molar-refractivity contribution in [3.8, 4) is 17.0 Å². The molecule has 6 heteroatoms. The first-order valence-electron chi connectivity index (χ1n) is 9.05. The molecule has 0 unspecified atom stereocenters. The highest BCUT2D eigenvalue weighted by molar-refractivity contribution is 5.96. The van der Waals surface area contributed by atoms with Gasteiger partial charge in [0.25, 0.3) is 5.91 Å². The Balaban J connectivity index is 1.86. The van der Waals surface area contributed by atoms with E-state index in [1.54, 1.807) is 7.11 Å². The summed E-state index contributed by atoms with van der Waals surface area (Å²) in [5.41, 5.74) is 8.99. The van der Waals surface area contributed by atoms with E-state index in [9.17, 15) is 4.79 Å². The Labute approximate surface area is 154 Å². The van der Waals surface area contributed by atoms with Crippen molar-refractivity contribution in [3.63, 3.8) is 0 Å². The van der Waals surface area contributed by atoms with E-state index in [2.05, 4.69) is 9.47 Å². The molecular formula is C20H27N3O3. The Morgan fingerprint density at radius 2 is 1.96 bits per heavy atom. The topological polar surface area (TPSA) is 69.7 Å². The first-order chi connectivity index (χ1) is 12.6. The van der Waals surface area contributed by atoms with Gasteiger partial charge in [-0.25, -0.2) is 0 Å². The number of primary amides is 1. The van der Waals surface area contributed by atoms with Crippen LogP contribution in [0.1, 0.15) is 22.5 Å². The summed E-state index contributed by atoms with van der Waals surface area (Å²) in [7, 11) is 1.66. The zero-order chi connectivity index (χ0) is 18.5. The van der Waals surface area contributed by atoms with Gasteiger partial charge in [0.15, 0.2) is 0 Å². The number of benzene rings is 1. The van der Waals surface area contributed by atoms with Crippen LogP contribution in [0.15, 0.2) is 30.3 Å². The first kappa shape index (κ1) is 18.5. The van der Waals surface area contributed by atoms with Crippen molar-refractivity contribution in [2.45, 2.75) is 19.9 Å². The molecule has 2 heterocycles. The Morgan fingerprint density at radius 3 is 2.65 bits per heavy atom. The number of nitrogens with two attached hydrogens (primary N) is 1. The summed E-state index contributed by atoms with van der Waals surface area (Å²) in [4.78, 5) is 14.3. The minimum Gasteiger partial charge on any atom is -0.496 e. The third-order valence-electron chi connectivity index (χ3n) is 4.97. The lowest BCUT2D eigenvalue weighted by Gasteiger charge is -2.26.